The van der Waals surface area contributed by atoms with Gasteiger partial charge < -0.3 is 15.2 Å². The number of nitrogens with zero attached hydrogens (tertiary/aromatic N) is 3. The van der Waals surface area contributed by atoms with Crippen molar-refractivity contribution in [1.82, 2.24) is 14.5 Å². The van der Waals surface area contributed by atoms with Crippen LogP contribution in [0.5, 0.6) is 0 Å². The molecule has 1 aliphatic rings. The number of hydrogen-bond acceptors (Lipinski definition) is 3. The van der Waals surface area contributed by atoms with E-state index in [0.717, 1.165) is 32.1 Å². The van der Waals surface area contributed by atoms with Crippen LogP contribution in [-0.4, -0.2) is 34.6 Å². The van der Waals surface area contributed by atoms with E-state index < -0.39 is 0 Å². The van der Waals surface area contributed by atoms with Crippen molar-refractivity contribution >= 4 is 0 Å². The van der Waals surface area contributed by atoms with Crippen LogP contribution in [-0.2, 0) is 6.54 Å². The van der Waals surface area contributed by atoms with Crippen LogP contribution in [0.15, 0.2) is 12.5 Å². The predicted octanol–water partition coefficient (Wildman–Crippen LogP) is 0.999. The fourth-order valence-corrected chi connectivity index (χ4v) is 1.85. The van der Waals surface area contributed by atoms with E-state index in [1.807, 2.05) is 12.5 Å². The SMILES string of the molecule is CN(CCCN)Cc1cncn1C1CC1. The summed E-state index contributed by atoms with van der Waals surface area (Å²) in [5.41, 5.74) is 6.82. The van der Waals surface area contributed by atoms with Crippen molar-refractivity contribution in [2.24, 2.45) is 5.73 Å². The zero-order valence-corrected chi connectivity index (χ0v) is 9.39. The third-order valence-electron chi connectivity index (χ3n) is 2.86. The second kappa shape index (κ2) is 4.77. The molecular formula is C11H20N4. The largest absolute Gasteiger partial charge is 0.330 e. The lowest BCUT2D eigenvalue weighted by molar-refractivity contribution is 0.315. The lowest BCUT2D eigenvalue weighted by Crippen LogP contribution is -2.22. The summed E-state index contributed by atoms with van der Waals surface area (Å²) < 4.78 is 2.32. The van der Waals surface area contributed by atoms with Crippen molar-refractivity contribution in [2.45, 2.75) is 31.8 Å². The minimum Gasteiger partial charge on any atom is -0.330 e. The second-order valence-corrected chi connectivity index (χ2v) is 4.40. The molecule has 0 spiro atoms. The third-order valence-corrected chi connectivity index (χ3v) is 2.86. The van der Waals surface area contributed by atoms with E-state index in [-0.39, 0.29) is 0 Å². The minimum atomic E-state index is 0.727. The highest BCUT2D eigenvalue weighted by Gasteiger charge is 2.25. The molecule has 2 N–H and O–H groups in total. The highest BCUT2D eigenvalue weighted by atomic mass is 15.2. The summed E-state index contributed by atoms with van der Waals surface area (Å²) in [7, 11) is 2.14. The maximum atomic E-state index is 5.49. The summed E-state index contributed by atoms with van der Waals surface area (Å²) >= 11 is 0. The van der Waals surface area contributed by atoms with E-state index >= 15 is 0 Å². The maximum absolute atomic E-state index is 5.49. The van der Waals surface area contributed by atoms with Crippen LogP contribution in [0.3, 0.4) is 0 Å². The van der Waals surface area contributed by atoms with Crippen LogP contribution in [0, 0.1) is 0 Å². The number of nitrogens with two attached hydrogens (primary N) is 1. The summed E-state index contributed by atoms with van der Waals surface area (Å²) in [6.07, 6.45) is 7.64. The van der Waals surface area contributed by atoms with Gasteiger partial charge in [0.2, 0.25) is 0 Å². The average molecular weight is 208 g/mol. The Labute approximate surface area is 91.1 Å². The monoisotopic (exact) mass is 208 g/mol. The van der Waals surface area contributed by atoms with Crippen LogP contribution in [0.4, 0.5) is 0 Å². The van der Waals surface area contributed by atoms with Crippen LogP contribution in [0.2, 0.25) is 0 Å². The van der Waals surface area contributed by atoms with Crippen LogP contribution in [0.25, 0.3) is 0 Å². The Morgan fingerprint density at radius 3 is 3.07 bits per heavy atom. The van der Waals surface area contributed by atoms with Gasteiger partial charge in [0.15, 0.2) is 0 Å². The van der Waals surface area contributed by atoms with Gasteiger partial charge in [0.05, 0.1) is 12.0 Å². The first-order chi connectivity index (χ1) is 7.31. The Bertz CT molecular complexity index is 303. The molecule has 4 nitrogen and oxygen atoms in total. The van der Waals surface area contributed by atoms with Gasteiger partial charge in [-0.05, 0) is 39.4 Å². The van der Waals surface area contributed by atoms with Gasteiger partial charge in [0.1, 0.15) is 0 Å². The molecule has 0 aromatic carbocycles. The first kappa shape index (κ1) is 10.6. The summed E-state index contributed by atoms with van der Waals surface area (Å²) in [6.45, 7) is 2.81. The Balaban J connectivity index is 1.88. The molecule has 1 aliphatic carbocycles. The fraction of sp³-hybridized carbons (Fsp3) is 0.727. The molecule has 15 heavy (non-hydrogen) atoms. The number of aromatic nitrogens is 2. The summed E-state index contributed by atoms with van der Waals surface area (Å²) in [5.74, 6) is 0. The zero-order valence-electron chi connectivity index (χ0n) is 9.39. The Hall–Kier alpha value is -0.870. The Morgan fingerprint density at radius 2 is 2.40 bits per heavy atom. The smallest absolute Gasteiger partial charge is 0.0951 e. The van der Waals surface area contributed by atoms with Gasteiger partial charge in [-0.2, -0.15) is 0 Å². The molecule has 0 atom stereocenters. The molecule has 4 heteroatoms. The van der Waals surface area contributed by atoms with E-state index in [2.05, 4.69) is 21.5 Å². The van der Waals surface area contributed by atoms with Crippen LogP contribution in [0.1, 0.15) is 31.0 Å². The van der Waals surface area contributed by atoms with Crippen LogP contribution >= 0.6 is 0 Å². The van der Waals surface area contributed by atoms with Crippen molar-refractivity contribution in [2.75, 3.05) is 20.1 Å². The van der Waals surface area contributed by atoms with Gasteiger partial charge in [-0.25, -0.2) is 4.98 Å². The van der Waals surface area contributed by atoms with Gasteiger partial charge in [0, 0.05) is 18.8 Å². The molecule has 0 aliphatic heterocycles. The van der Waals surface area contributed by atoms with Gasteiger partial charge in [0.25, 0.3) is 0 Å². The molecule has 1 heterocycles. The molecular weight excluding hydrogens is 188 g/mol. The molecule has 0 amide bonds. The van der Waals surface area contributed by atoms with E-state index in [1.165, 1.54) is 18.5 Å². The van der Waals surface area contributed by atoms with Crippen molar-refractivity contribution < 1.29 is 0 Å². The van der Waals surface area contributed by atoms with E-state index in [1.54, 1.807) is 0 Å². The first-order valence-electron chi connectivity index (χ1n) is 5.70. The van der Waals surface area contributed by atoms with Crippen molar-refractivity contribution in [3.8, 4) is 0 Å². The lowest BCUT2D eigenvalue weighted by Gasteiger charge is -2.16. The molecule has 2 rings (SSSR count). The Kier molecular flexibility index (Phi) is 3.38. The number of hydrogen-bond donors (Lipinski definition) is 1. The standard InChI is InChI=1S/C11H20N4/c1-14(6-2-5-12)8-11-7-13-9-15(11)10-3-4-10/h7,9-10H,2-6,8,12H2,1H3. The molecule has 0 radical (unpaired) electrons. The van der Waals surface area contributed by atoms with Gasteiger partial charge in [-0.3, -0.25) is 0 Å². The quantitative estimate of drug-likeness (QED) is 0.758. The highest BCUT2D eigenvalue weighted by Crippen LogP contribution is 2.35. The van der Waals surface area contributed by atoms with Crippen LogP contribution < -0.4 is 5.73 Å². The lowest BCUT2D eigenvalue weighted by atomic mass is 10.3. The first-order valence-corrected chi connectivity index (χ1v) is 5.70. The topological polar surface area (TPSA) is 47.1 Å². The summed E-state index contributed by atoms with van der Waals surface area (Å²) in [5, 5.41) is 0. The van der Waals surface area contributed by atoms with E-state index in [9.17, 15) is 0 Å². The number of imidazole rings is 1. The molecule has 0 bridgehead atoms. The van der Waals surface area contributed by atoms with Crippen molar-refractivity contribution in [3.05, 3.63) is 18.2 Å². The van der Waals surface area contributed by atoms with Gasteiger partial charge in [-0.1, -0.05) is 0 Å². The normalized spacial score (nSPS) is 16.2. The number of rotatable bonds is 6. The molecule has 84 valence electrons. The minimum absolute atomic E-state index is 0.727. The zero-order chi connectivity index (χ0) is 10.7. The molecule has 0 unspecified atom stereocenters. The summed E-state index contributed by atoms with van der Waals surface area (Å²) in [6, 6.07) is 0.727. The van der Waals surface area contributed by atoms with Crippen molar-refractivity contribution in [1.29, 1.82) is 0 Å². The summed E-state index contributed by atoms with van der Waals surface area (Å²) in [4.78, 5) is 6.54. The van der Waals surface area contributed by atoms with Gasteiger partial charge >= 0.3 is 0 Å². The van der Waals surface area contributed by atoms with Gasteiger partial charge in [-0.15, -0.1) is 0 Å². The maximum Gasteiger partial charge on any atom is 0.0951 e. The Morgan fingerprint density at radius 1 is 1.60 bits per heavy atom. The average Bonchev–Trinajstić information content (AvgIpc) is 2.97. The predicted molar refractivity (Wildman–Crippen MR) is 60.5 cm³/mol. The van der Waals surface area contributed by atoms with E-state index in [4.69, 9.17) is 5.73 Å². The second-order valence-electron chi connectivity index (χ2n) is 4.40. The molecule has 0 saturated heterocycles. The molecule has 1 aromatic rings. The third kappa shape index (κ3) is 2.79. The molecule has 1 saturated carbocycles. The molecule has 1 aromatic heterocycles. The van der Waals surface area contributed by atoms with E-state index in [0.29, 0.717) is 0 Å². The highest BCUT2D eigenvalue weighted by molar-refractivity contribution is 5.03. The fourth-order valence-electron chi connectivity index (χ4n) is 1.85. The van der Waals surface area contributed by atoms with Crippen molar-refractivity contribution in [3.63, 3.8) is 0 Å². The molecule has 1 fully saturated rings.